The number of hydrogen-bond acceptors (Lipinski definition) is 5. The lowest BCUT2D eigenvalue weighted by Crippen LogP contribution is -2.42. The minimum atomic E-state index is -3.64. The first kappa shape index (κ1) is 15.4. The second-order valence-corrected chi connectivity index (χ2v) is 11.1. The molecule has 1 N–H and O–H groups in total. The van der Waals surface area contributed by atoms with Crippen molar-refractivity contribution in [3.8, 4) is 0 Å². The molecule has 108 valence electrons. The van der Waals surface area contributed by atoms with Gasteiger partial charge in [-0.2, -0.15) is 0 Å². The van der Waals surface area contributed by atoms with E-state index >= 15 is 0 Å². The molecular formula is C10H14BrNO4S3. The summed E-state index contributed by atoms with van der Waals surface area (Å²) in [6.45, 7) is 1.81. The largest absolute Gasteiger partial charge is 0.250 e. The van der Waals surface area contributed by atoms with Crippen LogP contribution in [0.2, 0.25) is 0 Å². The molecule has 0 saturated carbocycles. The molecule has 1 saturated heterocycles. The van der Waals surface area contributed by atoms with Crippen LogP contribution in [0, 0.1) is 6.92 Å². The Morgan fingerprint density at radius 3 is 2.68 bits per heavy atom. The summed E-state index contributed by atoms with van der Waals surface area (Å²) in [6, 6.07) is 1.05. The minimum absolute atomic E-state index is 0.113. The van der Waals surface area contributed by atoms with Gasteiger partial charge in [-0.05, 0) is 47.3 Å². The monoisotopic (exact) mass is 387 g/mol. The lowest BCUT2D eigenvalue weighted by atomic mass is 10.2. The third-order valence-corrected chi connectivity index (χ3v) is 8.84. The van der Waals surface area contributed by atoms with Crippen LogP contribution in [-0.4, -0.2) is 34.4 Å². The first-order valence-electron chi connectivity index (χ1n) is 5.68. The van der Waals surface area contributed by atoms with E-state index < -0.39 is 25.9 Å². The first-order valence-corrected chi connectivity index (χ1v) is 10.6. The van der Waals surface area contributed by atoms with E-state index in [1.807, 2.05) is 6.92 Å². The maximum Gasteiger partial charge on any atom is 0.250 e. The number of nitrogens with one attached hydrogen (secondary N) is 1. The van der Waals surface area contributed by atoms with Gasteiger partial charge in [0.05, 0.1) is 15.3 Å². The Labute approximate surface area is 125 Å². The molecule has 0 bridgehead atoms. The molecule has 19 heavy (non-hydrogen) atoms. The maximum absolute atomic E-state index is 12.2. The Morgan fingerprint density at radius 1 is 1.47 bits per heavy atom. The molecule has 1 fully saturated rings. The van der Waals surface area contributed by atoms with Crippen molar-refractivity contribution in [2.75, 3.05) is 11.5 Å². The summed E-state index contributed by atoms with van der Waals surface area (Å²) in [5, 5.41) is 0. The summed E-state index contributed by atoms with van der Waals surface area (Å²) >= 11 is 4.41. The number of hydrogen-bond donors (Lipinski definition) is 1. The van der Waals surface area contributed by atoms with Crippen molar-refractivity contribution < 1.29 is 16.8 Å². The highest BCUT2D eigenvalue weighted by Gasteiger charge is 2.29. The number of rotatable bonds is 3. The van der Waals surface area contributed by atoms with Crippen LogP contribution in [0.3, 0.4) is 0 Å². The predicted octanol–water partition coefficient (Wildman–Crippen LogP) is 1.67. The summed E-state index contributed by atoms with van der Waals surface area (Å²) in [5.74, 6) is 0.0344. The molecule has 1 atom stereocenters. The molecule has 0 amide bonds. The summed E-state index contributed by atoms with van der Waals surface area (Å²) in [6.07, 6.45) is 1.06. The average Bonchev–Trinajstić information content (AvgIpc) is 2.58. The van der Waals surface area contributed by atoms with Gasteiger partial charge in [-0.1, -0.05) is 0 Å². The number of aryl methyl sites for hydroxylation is 1. The Bertz CT molecular complexity index is 658. The number of halogens is 1. The van der Waals surface area contributed by atoms with Crippen LogP contribution in [0.5, 0.6) is 0 Å². The highest BCUT2D eigenvalue weighted by molar-refractivity contribution is 9.11. The first-order chi connectivity index (χ1) is 8.70. The Kier molecular flexibility index (Phi) is 4.41. The zero-order valence-electron chi connectivity index (χ0n) is 10.2. The van der Waals surface area contributed by atoms with Crippen molar-refractivity contribution in [3.05, 3.63) is 15.4 Å². The van der Waals surface area contributed by atoms with E-state index in [0.29, 0.717) is 12.8 Å². The van der Waals surface area contributed by atoms with Crippen molar-refractivity contribution in [3.63, 3.8) is 0 Å². The topological polar surface area (TPSA) is 80.3 Å². The fourth-order valence-corrected chi connectivity index (χ4v) is 7.21. The normalized spacial score (nSPS) is 23.4. The van der Waals surface area contributed by atoms with E-state index in [-0.39, 0.29) is 15.7 Å². The van der Waals surface area contributed by atoms with Crippen LogP contribution in [0.25, 0.3) is 0 Å². The van der Waals surface area contributed by atoms with Crippen molar-refractivity contribution in [1.29, 1.82) is 0 Å². The lowest BCUT2D eigenvalue weighted by molar-refractivity contribution is 0.518. The van der Waals surface area contributed by atoms with Crippen LogP contribution in [0.15, 0.2) is 14.1 Å². The van der Waals surface area contributed by atoms with E-state index in [9.17, 15) is 16.8 Å². The average molecular weight is 388 g/mol. The van der Waals surface area contributed by atoms with Crippen molar-refractivity contribution in [1.82, 2.24) is 4.72 Å². The number of thiophene rings is 1. The van der Waals surface area contributed by atoms with E-state index in [1.165, 1.54) is 0 Å². The molecule has 1 aromatic heterocycles. The number of sulfone groups is 1. The van der Waals surface area contributed by atoms with Crippen molar-refractivity contribution in [2.24, 2.45) is 0 Å². The second kappa shape index (κ2) is 5.44. The standard InChI is InChI=1S/C10H14BrNO4S3/c1-7-5-9(17-10(7)11)19(15,16)12-8-3-2-4-18(13,14)6-8/h5,8,12H,2-4,6H2,1H3. The third kappa shape index (κ3) is 3.78. The molecule has 0 spiro atoms. The molecule has 1 aliphatic rings. The van der Waals surface area contributed by atoms with Gasteiger partial charge < -0.3 is 0 Å². The fourth-order valence-electron chi connectivity index (χ4n) is 1.96. The van der Waals surface area contributed by atoms with Crippen LogP contribution in [0.4, 0.5) is 0 Å². The number of sulfonamides is 1. The molecule has 0 radical (unpaired) electrons. The van der Waals surface area contributed by atoms with Crippen LogP contribution in [-0.2, 0) is 19.9 Å². The van der Waals surface area contributed by atoms with E-state index in [1.54, 1.807) is 6.07 Å². The molecule has 2 heterocycles. The Morgan fingerprint density at radius 2 is 2.16 bits per heavy atom. The molecular weight excluding hydrogens is 374 g/mol. The van der Waals surface area contributed by atoms with Gasteiger partial charge in [0.2, 0.25) is 10.0 Å². The van der Waals surface area contributed by atoms with Crippen LogP contribution < -0.4 is 4.72 Å². The fraction of sp³-hybridized carbons (Fsp3) is 0.600. The van der Waals surface area contributed by atoms with Gasteiger partial charge in [-0.25, -0.2) is 21.6 Å². The van der Waals surface area contributed by atoms with Gasteiger partial charge in [0.1, 0.15) is 4.21 Å². The van der Waals surface area contributed by atoms with Crippen molar-refractivity contribution >= 4 is 47.1 Å². The minimum Gasteiger partial charge on any atom is -0.229 e. The van der Waals surface area contributed by atoms with E-state index in [4.69, 9.17) is 0 Å². The SMILES string of the molecule is Cc1cc(S(=O)(=O)NC2CCCS(=O)(=O)C2)sc1Br. The van der Waals surface area contributed by atoms with Crippen molar-refractivity contribution in [2.45, 2.75) is 30.0 Å². The molecule has 2 rings (SSSR count). The quantitative estimate of drug-likeness (QED) is 0.854. The smallest absolute Gasteiger partial charge is 0.229 e. The predicted molar refractivity (Wildman–Crippen MR) is 78.8 cm³/mol. The van der Waals surface area contributed by atoms with Crippen LogP contribution in [0.1, 0.15) is 18.4 Å². The summed E-state index contributed by atoms with van der Waals surface area (Å²) in [4.78, 5) is 0. The van der Waals surface area contributed by atoms with Gasteiger partial charge in [0.25, 0.3) is 0 Å². The highest BCUT2D eigenvalue weighted by atomic mass is 79.9. The maximum atomic E-state index is 12.2. The third-order valence-electron chi connectivity index (χ3n) is 2.88. The van der Waals surface area contributed by atoms with Gasteiger partial charge in [0.15, 0.2) is 9.84 Å². The summed E-state index contributed by atoms with van der Waals surface area (Å²) < 4.78 is 50.8. The zero-order valence-corrected chi connectivity index (χ0v) is 14.3. The van der Waals surface area contributed by atoms with Gasteiger partial charge in [-0.15, -0.1) is 11.3 Å². The molecule has 1 unspecified atom stereocenters. The Balaban J connectivity index is 2.18. The molecule has 0 aromatic carbocycles. The van der Waals surface area contributed by atoms with Gasteiger partial charge in [-0.3, -0.25) is 0 Å². The van der Waals surface area contributed by atoms with Gasteiger partial charge >= 0.3 is 0 Å². The lowest BCUT2D eigenvalue weighted by Gasteiger charge is -2.22. The molecule has 1 aromatic rings. The zero-order chi connectivity index (χ0) is 14.3. The van der Waals surface area contributed by atoms with Gasteiger partial charge in [0, 0.05) is 6.04 Å². The summed E-state index contributed by atoms with van der Waals surface area (Å²) in [7, 11) is -6.76. The Hall–Kier alpha value is 0.0400. The molecule has 1 aliphatic heterocycles. The summed E-state index contributed by atoms with van der Waals surface area (Å²) in [5.41, 5.74) is 0.849. The molecule has 5 nitrogen and oxygen atoms in total. The van der Waals surface area contributed by atoms with E-state index in [2.05, 4.69) is 20.7 Å². The molecule has 0 aliphatic carbocycles. The van der Waals surface area contributed by atoms with E-state index in [0.717, 1.165) is 20.7 Å². The molecule has 9 heteroatoms. The highest BCUT2D eigenvalue weighted by Crippen LogP contribution is 2.30. The second-order valence-electron chi connectivity index (χ2n) is 4.60. The van der Waals surface area contributed by atoms with Crippen LogP contribution >= 0.6 is 27.3 Å².